The van der Waals surface area contributed by atoms with Gasteiger partial charge in [-0.15, -0.1) is 34.9 Å². The number of aliphatic hydroxyl groups is 1. The molecule has 1 N–H and O–H groups in total. The van der Waals surface area contributed by atoms with Crippen molar-refractivity contribution in [2.24, 2.45) is 17.3 Å². The van der Waals surface area contributed by atoms with E-state index >= 15 is 0 Å². The molecule has 251 valence electrons. The van der Waals surface area contributed by atoms with Crippen molar-refractivity contribution in [2.75, 3.05) is 0 Å². The van der Waals surface area contributed by atoms with Crippen molar-refractivity contribution in [3.05, 3.63) is 89.3 Å². The summed E-state index contributed by atoms with van der Waals surface area (Å²) in [6, 6.07) is 19.1. The summed E-state index contributed by atoms with van der Waals surface area (Å²) >= 11 is 0. The molecule has 0 atom stereocenters. The van der Waals surface area contributed by atoms with E-state index in [-0.39, 0.29) is 49.9 Å². The molecule has 0 amide bonds. The Morgan fingerprint density at radius 2 is 1.48 bits per heavy atom. The number of ketones is 1. The molecule has 0 saturated heterocycles. The van der Waals surface area contributed by atoms with Crippen LogP contribution in [0.5, 0.6) is 0 Å². The number of hydrogen-bond acceptors (Lipinski definition) is 3. The Kier molecular flexibility index (Phi) is 14.2. The molecule has 0 saturated carbocycles. The van der Waals surface area contributed by atoms with E-state index < -0.39 is 11.6 Å². The van der Waals surface area contributed by atoms with E-state index in [4.69, 9.17) is 0 Å². The first kappa shape index (κ1) is 39.2. The Balaban J connectivity index is 0.000000394. The molecular formula is C39H47F3IrNO2-. The number of pyridine rings is 1. The van der Waals surface area contributed by atoms with E-state index in [1.165, 1.54) is 19.9 Å². The second-order valence-corrected chi connectivity index (χ2v) is 12.7. The first-order valence-corrected chi connectivity index (χ1v) is 16.0. The number of aromatic nitrogens is 1. The number of alkyl halides is 3. The normalized spacial score (nSPS) is 12.3. The van der Waals surface area contributed by atoms with Crippen LogP contribution in [0.4, 0.5) is 13.2 Å². The molecule has 1 heterocycles. The maximum atomic E-state index is 13.3. The number of halogens is 3. The standard InChI is InChI=1S/C26H23F3N.C13H24O2.Ir/c1-16-11-17(2)13-20(12-16)24-23-8-6-19-14-18(15-25(3,4)26(27,28)29)5-7-21(19)22(23)9-10-30-24;1-5-10(6-2)12(14)9-13(15)11(7-3)8-4;/h5-12,14H,15H2,1-4H3;9-11,14H,5-8H2,1-4H3;/q-1;;/b;12-9-;. The minimum Gasteiger partial charge on any atom is -0.512 e. The SMILES string of the molecule is CCC(CC)C(=O)/C=C(\O)C(CC)CC.Cc1[c-]c(-c2nccc3c2ccc2cc(CC(C)(C)C(F)(F)F)ccc23)cc(C)c1.[Ir]. The molecule has 0 fully saturated rings. The van der Waals surface area contributed by atoms with Crippen LogP contribution >= 0.6 is 0 Å². The second-order valence-electron chi connectivity index (χ2n) is 12.7. The van der Waals surface area contributed by atoms with Gasteiger partial charge in [-0.05, 0) is 71.0 Å². The fourth-order valence-corrected chi connectivity index (χ4v) is 5.78. The van der Waals surface area contributed by atoms with E-state index in [0.717, 1.165) is 69.6 Å². The zero-order chi connectivity index (χ0) is 33.5. The van der Waals surface area contributed by atoms with Gasteiger partial charge in [0.2, 0.25) is 0 Å². The fourth-order valence-electron chi connectivity index (χ4n) is 5.78. The fraction of sp³-hybridized carbons (Fsp3) is 0.436. The summed E-state index contributed by atoms with van der Waals surface area (Å²) in [6.45, 7) is 14.6. The van der Waals surface area contributed by atoms with Crippen LogP contribution in [0.25, 0.3) is 32.8 Å². The van der Waals surface area contributed by atoms with E-state index in [1.54, 1.807) is 12.3 Å². The number of allylic oxidation sites excluding steroid dienone is 2. The Bertz CT molecular complexity index is 1630. The molecule has 46 heavy (non-hydrogen) atoms. The number of nitrogens with zero attached hydrogens (tertiary/aromatic N) is 1. The number of carbonyl (C=O) groups excluding carboxylic acids is 1. The Hall–Kier alpha value is -3.02. The van der Waals surface area contributed by atoms with Crippen molar-refractivity contribution in [2.45, 2.75) is 93.7 Å². The molecule has 3 aromatic carbocycles. The quantitative estimate of drug-likeness (QED) is 0.0751. The van der Waals surface area contributed by atoms with Gasteiger partial charge in [0.25, 0.3) is 0 Å². The molecule has 0 unspecified atom stereocenters. The van der Waals surface area contributed by atoms with Crippen LogP contribution in [0, 0.1) is 37.2 Å². The van der Waals surface area contributed by atoms with Gasteiger partial charge >= 0.3 is 6.18 Å². The predicted molar refractivity (Wildman–Crippen MR) is 180 cm³/mol. The van der Waals surface area contributed by atoms with Gasteiger partial charge in [0, 0.05) is 44.2 Å². The number of carbonyl (C=O) groups is 1. The maximum Gasteiger partial charge on any atom is 0.394 e. The maximum absolute atomic E-state index is 13.3. The van der Waals surface area contributed by atoms with Crippen molar-refractivity contribution in [1.29, 1.82) is 0 Å². The van der Waals surface area contributed by atoms with Gasteiger partial charge in [-0.25, -0.2) is 0 Å². The Morgan fingerprint density at radius 3 is 2.04 bits per heavy atom. The number of fused-ring (bicyclic) bond motifs is 3. The van der Waals surface area contributed by atoms with Crippen molar-refractivity contribution in [3.8, 4) is 11.3 Å². The van der Waals surface area contributed by atoms with Gasteiger partial charge in [-0.3, -0.25) is 4.79 Å². The third kappa shape index (κ3) is 9.51. The number of aryl methyl sites for hydroxylation is 2. The van der Waals surface area contributed by atoms with Gasteiger partial charge < -0.3 is 10.1 Å². The van der Waals surface area contributed by atoms with Crippen LogP contribution in [0.3, 0.4) is 0 Å². The molecule has 0 aliphatic heterocycles. The number of aliphatic hydroxyl groups excluding tert-OH is 1. The smallest absolute Gasteiger partial charge is 0.394 e. The topological polar surface area (TPSA) is 50.2 Å². The molecule has 0 aliphatic carbocycles. The van der Waals surface area contributed by atoms with Crippen LogP contribution in [0.2, 0.25) is 0 Å². The summed E-state index contributed by atoms with van der Waals surface area (Å²) in [4.78, 5) is 16.3. The van der Waals surface area contributed by atoms with Gasteiger partial charge in [-0.2, -0.15) is 13.2 Å². The van der Waals surface area contributed by atoms with E-state index in [0.29, 0.717) is 5.56 Å². The predicted octanol–water partition coefficient (Wildman–Crippen LogP) is 11.5. The van der Waals surface area contributed by atoms with Gasteiger partial charge in [0.1, 0.15) is 0 Å². The molecule has 0 spiro atoms. The summed E-state index contributed by atoms with van der Waals surface area (Å²) in [5.41, 5.74) is 2.93. The van der Waals surface area contributed by atoms with Crippen LogP contribution in [-0.2, 0) is 31.3 Å². The molecule has 7 heteroatoms. The summed E-state index contributed by atoms with van der Waals surface area (Å²) in [6.07, 6.45) is 2.39. The molecule has 4 aromatic rings. The first-order valence-electron chi connectivity index (χ1n) is 16.0. The molecule has 0 aliphatic rings. The van der Waals surface area contributed by atoms with Crippen LogP contribution in [0.1, 0.15) is 83.9 Å². The summed E-state index contributed by atoms with van der Waals surface area (Å²) < 4.78 is 39.9. The van der Waals surface area contributed by atoms with Crippen molar-refractivity contribution in [3.63, 3.8) is 0 Å². The average Bonchev–Trinajstić information content (AvgIpc) is 2.97. The number of hydrogen-bond donors (Lipinski definition) is 1. The van der Waals surface area contributed by atoms with Gasteiger partial charge in [-0.1, -0.05) is 85.7 Å². The Labute approximate surface area is 286 Å². The number of benzene rings is 3. The molecule has 3 nitrogen and oxygen atoms in total. The minimum atomic E-state index is -4.24. The Morgan fingerprint density at radius 1 is 0.870 bits per heavy atom. The molecule has 1 aromatic heterocycles. The van der Waals surface area contributed by atoms with Gasteiger partial charge in [0.15, 0.2) is 5.78 Å². The molecule has 1 radical (unpaired) electrons. The van der Waals surface area contributed by atoms with E-state index in [2.05, 4.69) is 30.1 Å². The van der Waals surface area contributed by atoms with Crippen molar-refractivity contribution >= 4 is 27.3 Å². The molecule has 4 rings (SSSR count). The van der Waals surface area contributed by atoms with Gasteiger partial charge in [0.05, 0.1) is 11.2 Å². The van der Waals surface area contributed by atoms with Crippen LogP contribution < -0.4 is 0 Å². The minimum absolute atomic E-state index is 0. The largest absolute Gasteiger partial charge is 0.512 e. The molecule has 0 bridgehead atoms. The zero-order valence-corrected chi connectivity index (χ0v) is 30.6. The number of rotatable bonds is 10. The van der Waals surface area contributed by atoms with Crippen molar-refractivity contribution < 1.29 is 43.2 Å². The third-order valence-electron chi connectivity index (χ3n) is 8.72. The average molecular weight is 811 g/mol. The van der Waals surface area contributed by atoms with E-state index in [9.17, 15) is 23.1 Å². The van der Waals surface area contributed by atoms with Crippen molar-refractivity contribution in [1.82, 2.24) is 4.98 Å². The van der Waals surface area contributed by atoms with Crippen LogP contribution in [-0.4, -0.2) is 22.1 Å². The molecular weight excluding hydrogens is 764 g/mol. The summed E-state index contributed by atoms with van der Waals surface area (Å²) in [5.74, 6) is 0.547. The summed E-state index contributed by atoms with van der Waals surface area (Å²) in [7, 11) is 0. The zero-order valence-electron chi connectivity index (χ0n) is 28.2. The second kappa shape index (κ2) is 16.7. The third-order valence-corrected chi connectivity index (χ3v) is 8.72. The van der Waals surface area contributed by atoms with E-state index in [1.807, 2.05) is 65.0 Å². The van der Waals surface area contributed by atoms with Crippen LogP contribution in [0.15, 0.2) is 66.6 Å². The monoisotopic (exact) mass is 811 g/mol. The first-order chi connectivity index (χ1) is 21.1. The summed E-state index contributed by atoms with van der Waals surface area (Å²) in [5, 5.41) is 13.7.